The largest absolute Gasteiger partial charge is 0.493 e. The summed E-state index contributed by atoms with van der Waals surface area (Å²) >= 11 is 0. The van der Waals surface area contributed by atoms with Crippen LogP contribution in [0.4, 0.5) is 0 Å². The predicted molar refractivity (Wildman–Crippen MR) is 117 cm³/mol. The van der Waals surface area contributed by atoms with Gasteiger partial charge in [-0.1, -0.05) is 0 Å². The van der Waals surface area contributed by atoms with E-state index in [0.29, 0.717) is 43.6 Å². The Labute approximate surface area is 186 Å². The number of fused-ring (bicyclic) bond motifs is 6. The number of aromatic carboxylic acids is 1. The van der Waals surface area contributed by atoms with Crippen LogP contribution in [0.1, 0.15) is 42.2 Å². The predicted octanol–water partition coefficient (Wildman–Crippen LogP) is 2.44. The number of nitrogens with zero attached hydrogens (tertiary/aromatic N) is 2. The minimum Gasteiger partial charge on any atom is -0.493 e. The van der Waals surface area contributed by atoms with Crippen LogP contribution >= 0.6 is 0 Å². The number of pyridine rings is 1. The fourth-order valence-electron chi connectivity index (χ4n) is 4.44. The van der Waals surface area contributed by atoms with Crippen molar-refractivity contribution in [2.24, 2.45) is 0 Å². The van der Waals surface area contributed by atoms with Crippen molar-refractivity contribution in [3.63, 3.8) is 0 Å². The molecule has 3 heterocycles. The molecule has 2 aliphatic heterocycles. The lowest BCUT2D eigenvalue weighted by atomic mass is 9.89. The van der Waals surface area contributed by atoms with Crippen molar-refractivity contribution >= 4 is 5.97 Å². The molecule has 2 aromatic rings. The number of ether oxygens (including phenoxy) is 4. The molecule has 1 saturated heterocycles. The molecular formula is C23H28N2O7. The Morgan fingerprint density at radius 1 is 1.22 bits per heavy atom. The van der Waals surface area contributed by atoms with Crippen molar-refractivity contribution in [3.8, 4) is 22.8 Å². The average molecular weight is 444 g/mol. The molecule has 0 amide bonds. The zero-order valence-electron chi connectivity index (χ0n) is 18.7. The summed E-state index contributed by atoms with van der Waals surface area (Å²) in [5, 5.41) is 11.6. The maximum atomic E-state index is 12.6. The molecule has 1 aromatic carbocycles. The molecule has 0 radical (unpaired) electrons. The fourth-order valence-corrected chi connectivity index (χ4v) is 4.44. The summed E-state index contributed by atoms with van der Waals surface area (Å²) in [4.78, 5) is 24.2. The highest BCUT2D eigenvalue weighted by atomic mass is 16.5. The van der Waals surface area contributed by atoms with Gasteiger partial charge in [0.15, 0.2) is 16.9 Å². The zero-order chi connectivity index (χ0) is 23.0. The molecule has 9 nitrogen and oxygen atoms in total. The van der Waals surface area contributed by atoms with Crippen LogP contribution < -0.4 is 19.9 Å². The van der Waals surface area contributed by atoms with Gasteiger partial charge in [0.05, 0.1) is 44.2 Å². The van der Waals surface area contributed by atoms with Crippen LogP contribution in [0.2, 0.25) is 0 Å². The lowest BCUT2D eigenvalue weighted by Gasteiger charge is -2.53. The highest BCUT2D eigenvalue weighted by Crippen LogP contribution is 2.46. The number of hydrogen-bond donors (Lipinski definition) is 1. The molecule has 0 aliphatic carbocycles. The highest BCUT2D eigenvalue weighted by Gasteiger charge is 2.43. The summed E-state index contributed by atoms with van der Waals surface area (Å²) in [7, 11) is 3.21. The average Bonchev–Trinajstić information content (AvgIpc) is 2.75. The second kappa shape index (κ2) is 8.48. The van der Waals surface area contributed by atoms with Crippen LogP contribution in [-0.4, -0.2) is 61.9 Å². The monoisotopic (exact) mass is 444 g/mol. The van der Waals surface area contributed by atoms with E-state index in [0.717, 1.165) is 17.5 Å². The number of benzene rings is 1. The van der Waals surface area contributed by atoms with Crippen molar-refractivity contribution in [3.05, 3.63) is 45.7 Å². The summed E-state index contributed by atoms with van der Waals surface area (Å²) in [6, 6.07) is 4.95. The van der Waals surface area contributed by atoms with Gasteiger partial charge in [0, 0.05) is 38.0 Å². The van der Waals surface area contributed by atoms with E-state index < -0.39 is 16.9 Å². The van der Waals surface area contributed by atoms with Crippen molar-refractivity contribution < 1.29 is 28.8 Å². The van der Waals surface area contributed by atoms with E-state index in [1.807, 2.05) is 26.0 Å². The number of carboxylic acid groups (broad SMARTS) is 1. The smallest absolute Gasteiger partial charge is 0.341 e. The quantitative estimate of drug-likeness (QED) is 0.650. The molecule has 0 unspecified atom stereocenters. The van der Waals surface area contributed by atoms with Gasteiger partial charge in [-0.2, -0.15) is 0 Å². The number of morpholine rings is 1. The second-order valence-corrected chi connectivity index (χ2v) is 8.56. The maximum absolute atomic E-state index is 12.6. The summed E-state index contributed by atoms with van der Waals surface area (Å²) in [6.07, 6.45) is 2.14. The number of methoxy groups -OCH3 is 2. The Hall–Kier alpha value is -3.04. The topological polar surface area (TPSA) is 99.5 Å². The SMILES string of the molecule is COCCCOc1cc2c(cc1OC)-c1cc(=O)c(C(=O)O)cn1N1[C@@H]2COCC1(C)C. The summed E-state index contributed by atoms with van der Waals surface area (Å²) < 4.78 is 24.3. The number of hydrogen-bond acceptors (Lipinski definition) is 7. The maximum Gasteiger partial charge on any atom is 0.341 e. The molecule has 1 N–H and O–H groups in total. The molecule has 0 saturated carbocycles. The summed E-state index contributed by atoms with van der Waals surface area (Å²) in [5.74, 6) is -0.119. The van der Waals surface area contributed by atoms with Gasteiger partial charge in [-0.05, 0) is 31.5 Å². The third-order valence-electron chi connectivity index (χ3n) is 5.86. The highest BCUT2D eigenvalue weighted by molar-refractivity contribution is 5.88. The Morgan fingerprint density at radius 2 is 2.00 bits per heavy atom. The van der Waals surface area contributed by atoms with Crippen molar-refractivity contribution in [2.45, 2.75) is 31.8 Å². The fraction of sp³-hybridized carbons (Fsp3) is 0.478. The van der Waals surface area contributed by atoms with Gasteiger partial charge in [0.25, 0.3) is 0 Å². The third-order valence-corrected chi connectivity index (χ3v) is 5.86. The van der Waals surface area contributed by atoms with Crippen molar-refractivity contribution in [1.29, 1.82) is 0 Å². The minimum atomic E-state index is -1.25. The minimum absolute atomic E-state index is 0.197. The van der Waals surface area contributed by atoms with Gasteiger partial charge < -0.3 is 24.1 Å². The van der Waals surface area contributed by atoms with Crippen molar-refractivity contribution in [1.82, 2.24) is 4.68 Å². The molecule has 172 valence electrons. The van der Waals surface area contributed by atoms with E-state index >= 15 is 0 Å². The molecule has 1 aromatic heterocycles. The molecule has 2 aliphatic rings. The Bertz CT molecular complexity index is 1090. The van der Waals surface area contributed by atoms with Crippen LogP contribution in [0.3, 0.4) is 0 Å². The number of aromatic nitrogens is 1. The first-order chi connectivity index (χ1) is 15.3. The zero-order valence-corrected chi connectivity index (χ0v) is 18.7. The van der Waals surface area contributed by atoms with E-state index in [1.54, 1.807) is 18.9 Å². The van der Waals surface area contributed by atoms with E-state index in [2.05, 4.69) is 5.01 Å². The number of carbonyl (C=O) groups is 1. The lowest BCUT2D eigenvalue weighted by molar-refractivity contribution is 0.0176. The molecule has 32 heavy (non-hydrogen) atoms. The van der Waals surface area contributed by atoms with Gasteiger partial charge in [0.1, 0.15) is 5.56 Å². The standard InChI is InChI=1S/C23H28N2O7/c1-23(2)13-31-12-18-15-9-21(32-7-5-6-29-3)20(30-4)8-14(15)17-10-19(26)16(22(27)28)11-24(17)25(18)23/h8-11,18H,5-7,12-13H2,1-4H3,(H,27,28)/t18-/m1/s1. The molecule has 1 fully saturated rings. The number of rotatable bonds is 7. The van der Waals surface area contributed by atoms with E-state index in [1.165, 1.54) is 12.3 Å². The first kappa shape index (κ1) is 22.2. The second-order valence-electron chi connectivity index (χ2n) is 8.56. The van der Waals surface area contributed by atoms with Crippen LogP contribution in [0.15, 0.2) is 29.2 Å². The molecular weight excluding hydrogens is 416 g/mol. The summed E-state index contributed by atoms with van der Waals surface area (Å²) in [5.41, 5.74) is 1.05. The Morgan fingerprint density at radius 3 is 2.69 bits per heavy atom. The van der Waals surface area contributed by atoms with E-state index in [9.17, 15) is 14.7 Å². The summed E-state index contributed by atoms with van der Waals surface area (Å²) in [6.45, 7) is 5.99. The lowest BCUT2D eigenvalue weighted by Crippen LogP contribution is -2.61. The molecule has 9 heteroatoms. The van der Waals surface area contributed by atoms with Crippen LogP contribution in [0, 0.1) is 0 Å². The normalized spacial score (nSPS) is 18.4. The first-order valence-corrected chi connectivity index (χ1v) is 10.5. The molecule has 4 rings (SSSR count). The van der Waals surface area contributed by atoms with Crippen LogP contribution in [0.5, 0.6) is 11.5 Å². The van der Waals surface area contributed by atoms with Gasteiger partial charge >= 0.3 is 5.97 Å². The van der Waals surface area contributed by atoms with Crippen LogP contribution in [-0.2, 0) is 9.47 Å². The van der Waals surface area contributed by atoms with Crippen molar-refractivity contribution in [2.75, 3.05) is 45.7 Å². The molecule has 0 spiro atoms. The molecule has 0 bridgehead atoms. The van der Waals surface area contributed by atoms with Crippen LogP contribution in [0.25, 0.3) is 11.3 Å². The van der Waals surface area contributed by atoms with Gasteiger partial charge in [-0.15, -0.1) is 0 Å². The van der Waals surface area contributed by atoms with Gasteiger partial charge in [-0.3, -0.25) is 14.5 Å². The first-order valence-electron chi connectivity index (χ1n) is 10.5. The molecule has 1 atom stereocenters. The Balaban J connectivity index is 1.90. The Kier molecular flexibility index (Phi) is 5.87. The van der Waals surface area contributed by atoms with E-state index in [4.69, 9.17) is 18.9 Å². The van der Waals surface area contributed by atoms with Gasteiger partial charge in [-0.25, -0.2) is 4.79 Å². The van der Waals surface area contributed by atoms with Gasteiger partial charge in [0.2, 0.25) is 0 Å². The third kappa shape index (κ3) is 3.71. The van der Waals surface area contributed by atoms with E-state index in [-0.39, 0.29) is 11.6 Å². The number of carboxylic acids is 1.